The quantitative estimate of drug-likeness (QED) is 0.776. The van der Waals surface area contributed by atoms with Gasteiger partial charge >= 0.3 is 0 Å². The van der Waals surface area contributed by atoms with Gasteiger partial charge in [-0.05, 0) is 42.0 Å². The van der Waals surface area contributed by atoms with Crippen LogP contribution in [-0.4, -0.2) is 12.1 Å². The molecule has 0 aliphatic carbocycles. The van der Waals surface area contributed by atoms with Crippen molar-refractivity contribution in [2.75, 3.05) is 7.11 Å². The fraction of sp³-hybridized carbons (Fsp3) is 0.0714. The zero-order chi connectivity index (χ0) is 11.4. The molecule has 0 bridgehead atoms. The van der Waals surface area contributed by atoms with Gasteiger partial charge in [-0.2, -0.15) is 0 Å². The van der Waals surface area contributed by atoms with E-state index >= 15 is 0 Å². The van der Waals surface area contributed by atoms with Crippen LogP contribution in [0.1, 0.15) is 5.56 Å². The molecular weight excluding hydrogens is 198 g/mol. The van der Waals surface area contributed by atoms with Crippen LogP contribution in [0.25, 0.3) is 17.3 Å². The molecule has 0 N–H and O–H groups in total. The van der Waals surface area contributed by atoms with Crippen LogP contribution in [0.5, 0.6) is 5.75 Å². The molecule has 0 saturated carbocycles. The molecule has 0 spiro atoms. The summed E-state index contributed by atoms with van der Waals surface area (Å²) in [7, 11) is 1.66. The number of hydrogen-bond donors (Lipinski definition) is 0. The van der Waals surface area contributed by atoms with Crippen molar-refractivity contribution in [1.29, 1.82) is 0 Å². The van der Waals surface area contributed by atoms with Gasteiger partial charge in [0, 0.05) is 11.8 Å². The Balaban J connectivity index is 2.38. The second kappa shape index (κ2) is 4.62. The molecule has 0 aliphatic rings. The Morgan fingerprint density at radius 1 is 1.19 bits per heavy atom. The van der Waals surface area contributed by atoms with E-state index in [1.807, 2.05) is 42.5 Å². The average Bonchev–Trinajstić information content (AvgIpc) is 2.39. The van der Waals surface area contributed by atoms with E-state index < -0.39 is 0 Å². The lowest BCUT2D eigenvalue weighted by Gasteiger charge is -2.03. The monoisotopic (exact) mass is 211 g/mol. The van der Waals surface area contributed by atoms with E-state index in [1.165, 1.54) is 0 Å². The molecule has 0 radical (unpaired) electrons. The molecular formula is C14H13NO. The highest BCUT2D eigenvalue weighted by Gasteiger charge is 1.99. The Morgan fingerprint density at radius 3 is 2.56 bits per heavy atom. The molecule has 0 atom stereocenters. The summed E-state index contributed by atoms with van der Waals surface area (Å²) in [5, 5.41) is 0. The highest BCUT2D eigenvalue weighted by molar-refractivity contribution is 5.63. The summed E-state index contributed by atoms with van der Waals surface area (Å²) in [5.74, 6) is 0.851. The van der Waals surface area contributed by atoms with Crippen molar-refractivity contribution in [3.8, 4) is 17.0 Å². The summed E-state index contributed by atoms with van der Waals surface area (Å²) in [4.78, 5) is 4.32. The Bertz CT molecular complexity index is 488. The van der Waals surface area contributed by atoms with Gasteiger partial charge in [0.25, 0.3) is 0 Å². The van der Waals surface area contributed by atoms with Crippen molar-refractivity contribution < 1.29 is 4.74 Å². The molecule has 2 nitrogen and oxygen atoms in total. The summed E-state index contributed by atoms with van der Waals surface area (Å²) in [5.41, 5.74) is 3.09. The Hall–Kier alpha value is -2.09. The van der Waals surface area contributed by atoms with Crippen LogP contribution >= 0.6 is 0 Å². The molecule has 16 heavy (non-hydrogen) atoms. The largest absolute Gasteiger partial charge is 0.497 e. The van der Waals surface area contributed by atoms with Crippen molar-refractivity contribution in [3.63, 3.8) is 0 Å². The van der Waals surface area contributed by atoms with Gasteiger partial charge in [0.1, 0.15) is 5.75 Å². The van der Waals surface area contributed by atoms with E-state index in [2.05, 4.69) is 11.6 Å². The standard InChI is InChI=1S/C14H13NO/c1-3-11-8-9-15-14(10-11)12-4-6-13(16-2)7-5-12/h3-10H,1H2,2H3. The van der Waals surface area contributed by atoms with Gasteiger partial charge in [0.05, 0.1) is 12.8 Å². The molecule has 1 aromatic carbocycles. The second-order valence-corrected chi connectivity index (χ2v) is 3.41. The minimum Gasteiger partial charge on any atom is -0.497 e. The Labute approximate surface area is 95.2 Å². The first-order valence-corrected chi connectivity index (χ1v) is 5.06. The highest BCUT2D eigenvalue weighted by atomic mass is 16.5. The topological polar surface area (TPSA) is 22.1 Å². The zero-order valence-corrected chi connectivity index (χ0v) is 9.18. The minimum atomic E-state index is 0.851. The lowest BCUT2D eigenvalue weighted by atomic mass is 10.1. The van der Waals surface area contributed by atoms with Crippen LogP contribution in [0.4, 0.5) is 0 Å². The third-order valence-electron chi connectivity index (χ3n) is 2.41. The third-order valence-corrected chi connectivity index (χ3v) is 2.41. The normalized spacial score (nSPS) is 9.81. The molecule has 0 aliphatic heterocycles. The molecule has 2 rings (SSSR count). The van der Waals surface area contributed by atoms with Crippen LogP contribution < -0.4 is 4.74 Å². The fourth-order valence-corrected chi connectivity index (χ4v) is 1.49. The third kappa shape index (κ3) is 2.11. The average molecular weight is 211 g/mol. The first kappa shape index (κ1) is 10.4. The van der Waals surface area contributed by atoms with E-state index in [9.17, 15) is 0 Å². The van der Waals surface area contributed by atoms with Crippen LogP contribution in [-0.2, 0) is 0 Å². The molecule has 0 saturated heterocycles. The summed E-state index contributed by atoms with van der Waals surface area (Å²) in [6.07, 6.45) is 3.60. The van der Waals surface area contributed by atoms with E-state index in [1.54, 1.807) is 13.3 Å². The molecule has 2 aromatic rings. The maximum Gasteiger partial charge on any atom is 0.118 e. The number of hydrogen-bond acceptors (Lipinski definition) is 2. The second-order valence-electron chi connectivity index (χ2n) is 3.41. The molecule has 0 fully saturated rings. The molecule has 0 unspecified atom stereocenters. The number of aromatic nitrogens is 1. The van der Waals surface area contributed by atoms with Crippen molar-refractivity contribution in [2.24, 2.45) is 0 Å². The fourth-order valence-electron chi connectivity index (χ4n) is 1.49. The first-order valence-electron chi connectivity index (χ1n) is 5.06. The van der Waals surface area contributed by atoms with Gasteiger partial charge in [-0.1, -0.05) is 12.7 Å². The molecule has 1 heterocycles. The van der Waals surface area contributed by atoms with Gasteiger partial charge in [-0.25, -0.2) is 0 Å². The summed E-state index contributed by atoms with van der Waals surface area (Å²) in [6.45, 7) is 3.75. The maximum atomic E-state index is 5.11. The van der Waals surface area contributed by atoms with Crippen LogP contribution in [0, 0.1) is 0 Å². The molecule has 0 amide bonds. The lowest BCUT2D eigenvalue weighted by molar-refractivity contribution is 0.415. The summed E-state index contributed by atoms with van der Waals surface area (Å²) >= 11 is 0. The van der Waals surface area contributed by atoms with Gasteiger partial charge in [0.2, 0.25) is 0 Å². The van der Waals surface area contributed by atoms with E-state index in [4.69, 9.17) is 4.74 Å². The number of pyridine rings is 1. The number of methoxy groups -OCH3 is 1. The Morgan fingerprint density at radius 2 is 1.94 bits per heavy atom. The van der Waals surface area contributed by atoms with Crippen LogP contribution in [0.2, 0.25) is 0 Å². The molecule has 2 heteroatoms. The van der Waals surface area contributed by atoms with Gasteiger partial charge < -0.3 is 4.74 Å². The lowest BCUT2D eigenvalue weighted by Crippen LogP contribution is -1.85. The predicted octanol–water partition coefficient (Wildman–Crippen LogP) is 3.40. The number of ether oxygens (including phenoxy) is 1. The minimum absolute atomic E-state index is 0.851. The van der Waals surface area contributed by atoms with Crippen LogP contribution in [0.15, 0.2) is 49.2 Å². The summed E-state index contributed by atoms with van der Waals surface area (Å²) < 4.78 is 5.11. The SMILES string of the molecule is C=Cc1ccnc(-c2ccc(OC)cc2)c1. The van der Waals surface area contributed by atoms with Gasteiger partial charge in [-0.3, -0.25) is 4.98 Å². The highest BCUT2D eigenvalue weighted by Crippen LogP contribution is 2.21. The van der Waals surface area contributed by atoms with Crippen molar-refractivity contribution in [1.82, 2.24) is 4.98 Å². The maximum absolute atomic E-state index is 5.11. The first-order chi connectivity index (χ1) is 7.83. The zero-order valence-electron chi connectivity index (χ0n) is 9.18. The summed E-state index contributed by atoms with van der Waals surface area (Å²) in [6, 6.07) is 11.8. The van der Waals surface area contributed by atoms with Crippen molar-refractivity contribution in [3.05, 3.63) is 54.7 Å². The van der Waals surface area contributed by atoms with Gasteiger partial charge in [0.15, 0.2) is 0 Å². The van der Waals surface area contributed by atoms with Crippen molar-refractivity contribution >= 4 is 6.08 Å². The van der Waals surface area contributed by atoms with E-state index in [0.29, 0.717) is 0 Å². The predicted molar refractivity (Wildman–Crippen MR) is 66.3 cm³/mol. The smallest absolute Gasteiger partial charge is 0.118 e. The van der Waals surface area contributed by atoms with E-state index in [0.717, 1.165) is 22.6 Å². The van der Waals surface area contributed by atoms with Crippen LogP contribution in [0.3, 0.4) is 0 Å². The Kier molecular flexibility index (Phi) is 3.01. The molecule has 80 valence electrons. The number of nitrogens with zero attached hydrogens (tertiary/aromatic N) is 1. The van der Waals surface area contributed by atoms with Gasteiger partial charge in [-0.15, -0.1) is 0 Å². The van der Waals surface area contributed by atoms with Crippen molar-refractivity contribution in [2.45, 2.75) is 0 Å². The number of rotatable bonds is 3. The molecule has 1 aromatic heterocycles. The van der Waals surface area contributed by atoms with E-state index in [-0.39, 0.29) is 0 Å². The number of benzene rings is 1.